The third kappa shape index (κ3) is 3.65. The Labute approximate surface area is 115 Å². The van der Waals surface area contributed by atoms with Crippen LogP contribution in [0.4, 0.5) is 4.39 Å². The zero-order chi connectivity index (χ0) is 13.8. The van der Waals surface area contributed by atoms with Gasteiger partial charge < -0.3 is 0 Å². The molecule has 1 fully saturated rings. The van der Waals surface area contributed by atoms with Crippen molar-refractivity contribution in [1.29, 1.82) is 0 Å². The minimum Gasteiger partial charge on any atom is -0.299 e. The Kier molecular flexibility index (Phi) is 4.73. The number of Topliss-reactive ketones (excluding diaryl/α,β-unsaturated/α-hetero) is 1. The fourth-order valence-corrected chi connectivity index (χ4v) is 3.08. The summed E-state index contributed by atoms with van der Waals surface area (Å²) in [5, 5.41) is 0. The van der Waals surface area contributed by atoms with Gasteiger partial charge in [0.2, 0.25) is 0 Å². The number of rotatable bonds is 4. The number of hydrogen-bond donors (Lipinski definition) is 0. The van der Waals surface area contributed by atoms with Crippen molar-refractivity contribution < 1.29 is 9.18 Å². The summed E-state index contributed by atoms with van der Waals surface area (Å²) in [6.45, 7) is 4.51. The van der Waals surface area contributed by atoms with E-state index < -0.39 is 0 Å². The maximum absolute atomic E-state index is 13.5. The number of carbonyl (C=O) groups is 1. The number of halogens is 1. The monoisotopic (exact) mass is 262 g/mol. The van der Waals surface area contributed by atoms with Gasteiger partial charge in [-0.3, -0.25) is 4.79 Å². The molecule has 0 aliphatic heterocycles. The van der Waals surface area contributed by atoms with Gasteiger partial charge in [-0.2, -0.15) is 0 Å². The number of hydrogen-bond acceptors (Lipinski definition) is 1. The normalized spacial score (nSPS) is 23.6. The summed E-state index contributed by atoms with van der Waals surface area (Å²) in [6.07, 6.45) is 4.51. The van der Waals surface area contributed by atoms with E-state index in [1.807, 2.05) is 0 Å². The second kappa shape index (κ2) is 6.31. The quantitative estimate of drug-likeness (QED) is 0.786. The van der Waals surface area contributed by atoms with Crippen molar-refractivity contribution in [3.05, 3.63) is 35.6 Å². The van der Waals surface area contributed by atoms with Crippen LogP contribution in [0.25, 0.3) is 0 Å². The molecule has 1 aliphatic carbocycles. The van der Waals surface area contributed by atoms with E-state index >= 15 is 0 Å². The molecule has 1 aliphatic rings. The van der Waals surface area contributed by atoms with Crippen LogP contribution < -0.4 is 0 Å². The molecule has 19 heavy (non-hydrogen) atoms. The van der Waals surface area contributed by atoms with Crippen LogP contribution >= 0.6 is 0 Å². The van der Waals surface area contributed by atoms with Gasteiger partial charge in [0.15, 0.2) is 0 Å². The SMILES string of the molecule is CC(C)C1CCC(C(=O)Cc2ccccc2F)CC1. The third-order valence-corrected chi connectivity index (χ3v) is 4.49. The summed E-state index contributed by atoms with van der Waals surface area (Å²) >= 11 is 0. The molecule has 1 aromatic rings. The summed E-state index contributed by atoms with van der Waals surface area (Å²) in [5.74, 6) is 1.58. The van der Waals surface area contributed by atoms with Crippen LogP contribution in [0.15, 0.2) is 24.3 Å². The van der Waals surface area contributed by atoms with E-state index in [0.29, 0.717) is 11.5 Å². The van der Waals surface area contributed by atoms with Crippen LogP contribution in [0.2, 0.25) is 0 Å². The predicted octanol–water partition coefficient (Wildman–Crippen LogP) is 4.40. The maximum Gasteiger partial charge on any atom is 0.140 e. The molecule has 104 valence electrons. The van der Waals surface area contributed by atoms with Gasteiger partial charge in [0.1, 0.15) is 11.6 Å². The molecule has 0 N–H and O–H groups in total. The lowest BCUT2D eigenvalue weighted by Gasteiger charge is -2.30. The molecule has 0 atom stereocenters. The molecule has 0 spiro atoms. The first-order chi connectivity index (χ1) is 9.08. The molecule has 1 saturated carbocycles. The summed E-state index contributed by atoms with van der Waals surface area (Å²) in [6, 6.07) is 6.60. The van der Waals surface area contributed by atoms with E-state index in [2.05, 4.69) is 13.8 Å². The largest absolute Gasteiger partial charge is 0.299 e. The van der Waals surface area contributed by atoms with Gasteiger partial charge in [0.05, 0.1) is 0 Å². The van der Waals surface area contributed by atoms with Crippen LogP contribution in [-0.2, 0) is 11.2 Å². The fraction of sp³-hybridized carbons (Fsp3) is 0.588. The van der Waals surface area contributed by atoms with E-state index in [0.717, 1.165) is 31.6 Å². The Bertz CT molecular complexity index is 431. The maximum atomic E-state index is 13.5. The van der Waals surface area contributed by atoms with Gasteiger partial charge in [-0.1, -0.05) is 32.0 Å². The van der Waals surface area contributed by atoms with Crippen LogP contribution in [-0.4, -0.2) is 5.78 Å². The van der Waals surface area contributed by atoms with Crippen molar-refractivity contribution in [3.8, 4) is 0 Å². The molecule has 2 heteroatoms. The van der Waals surface area contributed by atoms with Gasteiger partial charge in [0, 0.05) is 12.3 Å². The molecular weight excluding hydrogens is 239 g/mol. The Balaban J connectivity index is 1.90. The number of carbonyl (C=O) groups excluding carboxylic acids is 1. The Morgan fingerprint density at radius 2 is 1.84 bits per heavy atom. The molecule has 1 aromatic carbocycles. The number of benzene rings is 1. The second-order valence-corrected chi connectivity index (χ2v) is 6.09. The molecule has 0 amide bonds. The zero-order valence-corrected chi connectivity index (χ0v) is 11.9. The average molecular weight is 262 g/mol. The van der Waals surface area contributed by atoms with Gasteiger partial charge in [-0.25, -0.2) is 4.39 Å². The fourth-order valence-electron chi connectivity index (χ4n) is 3.08. The summed E-state index contributed by atoms with van der Waals surface area (Å²) in [5.41, 5.74) is 0.540. The summed E-state index contributed by atoms with van der Waals surface area (Å²) in [7, 11) is 0. The van der Waals surface area contributed by atoms with Crippen LogP contribution in [0.5, 0.6) is 0 Å². The summed E-state index contributed by atoms with van der Waals surface area (Å²) in [4.78, 5) is 12.2. The lowest BCUT2D eigenvalue weighted by molar-refractivity contribution is -0.123. The smallest absolute Gasteiger partial charge is 0.140 e. The highest BCUT2D eigenvalue weighted by Crippen LogP contribution is 2.34. The van der Waals surface area contributed by atoms with Gasteiger partial charge in [-0.15, -0.1) is 0 Å². The standard InChI is InChI=1S/C17H23FO/c1-12(2)13-7-9-14(10-8-13)17(19)11-15-5-3-4-6-16(15)18/h3-6,12-14H,7-11H2,1-2H3. The average Bonchev–Trinajstić information content (AvgIpc) is 2.41. The molecule has 0 aromatic heterocycles. The molecule has 0 unspecified atom stereocenters. The highest BCUT2D eigenvalue weighted by molar-refractivity contribution is 5.83. The lowest BCUT2D eigenvalue weighted by atomic mass is 9.75. The van der Waals surface area contributed by atoms with E-state index in [1.54, 1.807) is 18.2 Å². The van der Waals surface area contributed by atoms with Crippen molar-refractivity contribution in [2.24, 2.45) is 17.8 Å². The van der Waals surface area contributed by atoms with Crippen LogP contribution in [0, 0.1) is 23.6 Å². The summed E-state index contributed by atoms with van der Waals surface area (Å²) < 4.78 is 13.5. The van der Waals surface area contributed by atoms with Gasteiger partial charge >= 0.3 is 0 Å². The van der Waals surface area contributed by atoms with Crippen molar-refractivity contribution in [3.63, 3.8) is 0 Å². The first-order valence-electron chi connectivity index (χ1n) is 7.34. The van der Waals surface area contributed by atoms with Crippen molar-refractivity contribution in [2.75, 3.05) is 0 Å². The van der Waals surface area contributed by atoms with E-state index in [-0.39, 0.29) is 23.9 Å². The van der Waals surface area contributed by atoms with E-state index in [4.69, 9.17) is 0 Å². The Hall–Kier alpha value is -1.18. The first kappa shape index (κ1) is 14.2. The minimum absolute atomic E-state index is 0.148. The number of ketones is 1. The molecule has 0 bridgehead atoms. The predicted molar refractivity (Wildman–Crippen MR) is 75.4 cm³/mol. The van der Waals surface area contributed by atoms with E-state index in [1.165, 1.54) is 6.07 Å². The topological polar surface area (TPSA) is 17.1 Å². The highest BCUT2D eigenvalue weighted by Gasteiger charge is 2.27. The molecule has 0 saturated heterocycles. The van der Waals surface area contributed by atoms with Crippen molar-refractivity contribution >= 4 is 5.78 Å². The Morgan fingerprint density at radius 1 is 1.21 bits per heavy atom. The van der Waals surface area contributed by atoms with Crippen LogP contribution in [0.3, 0.4) is 0 Å². The minimum atomic E-state index is -0.258. The van der Waals surface area contributed by atoms with Crippen molar-refractivity contribution in [2.45, 2.75) is 46.0 Å². The highest BCUT2D eigenvalue weighted by atomic mass is 19.1. The van der Waals surface area contributed by atoms with Crippen LogP contribution in [0.1, 0.15) is 45.1 Å². The molecule has 2 rings (SSSR count). The first-order valence-corrected chi connectivity index (χ1v) is 7.34. The van der Waals surface area contributed by atoms with Gasteiger partial charge in [-0.05, 0) is 49.1 Å². The Morgan fingerprint density at radius 3 is 2.42 bits per heavy atom. The van der Waals surface area contributed by atoms with Gasteiger partial charge in [0.25, 0.3) is 0 Å². The molecule has 0 radical (unpaired) electrons. The molecular formula is C17H23FO. The third-order valence-electron chi connectivity index (χ3n) is 4.49. The lowest BCUT2D eigenvalue weighted by Crippen LogP contribution is -2.25. The molecule has 1 nitrogen and oxygen atoms in total. The van der Waals surface area contributed by atoms with E-state index in [9.17, 15) is 9.18 Å². The second-order valence-electron chi connectivity index (χ2n) is 6.09. The van der Waals surface area contributed by atoms with Crippen molar-refractivity contribution in [1.82, 2.24) is 0 Å². The molecule has 0 heterocycles. The zero-order valence-electron chi connectivity index (χ0n) is 11.9.